The normalized spacial score (nSPS) is 12.1. The molecule has 0 aliphatic carbocycles. The molecular weight excluding hydrogens is 694 g/mol. The third kappa shape index (κ3) is 9.38. The summed E-state index contributed by atoms with van der Waals surface area (Å²) in [5, 5.41) is 3.04. The van der Waals surface area contributed by atoms with Gasteiger partial charge in [-0.05, 0) is 75.2 Å². The fourth-order valence-electron chi connectivity index (χ4n) is 5.18. The maximum atomic E-state index is 14.7. The van der Waals surface area contributed by atoms with E-state index in [0.717, 1.165) is 25.5 Å². The van der Waals surface area contributed by atoms with Crippen LogP contribution in [-0.4, -0.2) is 57.5 Å². The topological polar surface area (TPSA) is 105 Å². The number of nitrogens with one attached hydrogen (secondary N) is 1. The van der Waals surface area contributed by atoms with E-state index in [2.05, 4.69) is 21.2 Å². The zero-order valence-corrected chi connectivity index (χ0v) is 30.5. The molecule has 11 heteroatoms. The molecule has 1 atom stereocenters. The van der Waals surface area contributed by atoms with Crippen LogP contribution in [0.5, 0.6) is 11.5 Å². The average Bonchev–Trinajstić information content (AvgIpc) is 3.04. The van der Waals surface area contributed by atoms with Gasteiger partial charge in [-0.2, -0.15) is 0 Å². The van der Waals surface area contributed by atoms with Crippen molar-refractivity contribution in [3.05, 3.63) is 118 Å². The summed E-state index contributed by atoms with van der Waals surface area (Å²) in [6, 6.07) is 27.1. The largest absolute Gasteiger partial charge is 0.493 e. The molecule has 0 saturated heterocycles. The minimum Gasteiger partial charge on any atom is -0.493 e. The standard InChI is InChI=1S/C37H42BrN3O6S/c1-26-15-17-30(18-16-26)41(48(44,45)31-19-20-33(46-5)34(23-31)47-6)25-35(42)40(24-28-13-10-14-29(38)21-28)32(36(43)39-37(2,3)4)22-27-11-8-7-9-12-27/h7-21,23,32H,22,24-25H2,1-6H3,(H,39,43)/t32-/m0/s1. The van der Waals surface area contributed by atoms with Gasteiger partial charge in [0.05, 0.1) is 24.8 Å². The van der Waals surface area contributed by atoms with E-state index in [1.165, 1.54) is 37.3 Å². The van der Waals surface area contributed by atoms with E-state index < -0.39 is 34.1 Å². The summed E-state index contributed by atoms with van der Waals surface area (Å²) in [6.07, 6.45) is 0.218. The van der Waals surface area contributed by atoms with E-state index in [9.17, 15) is 18.0 Å². The smallest absolute Gasteiger partial charge is 0.264 e. The number of halogens is 1. The maximum absolute atomic E-state index is 14.7. The molecule has 9 nitrogen and oxygen atoms in total. The lowest BCUT2D eigenvalue weighted by Crippen LogP contribution is -2.56. The number of nitrogens with zero attached hydrogens (tertiary/aromatic N) is 2. The zero-order chi connectivity index (χ0) is 35.1. The highest BCUT2D eigenvalue weighted by atomic mass is 79.9. The van der Waals surface area contributed by atoms with Gasteiger partial charge in [-0.1, -0.05) is 76.1 Å². The van der Waals surface area contributed by atoms with Crippen molar-refractivity contribution in [3.63, 3.8) is 0 Å². The first kappa shape index (κ1) is 36.5. The van der Waals surface area contributed by atoms with Crippen molar-refractivity contribution < 1.29 is 27.5 Å². The lowest BCUT2D eigenvalue weighted by atomic mass is 10.0. The Morgan fingerprint density at radius 2 is 1.48 bits per heavy atom. The summed E-state index contributed by atoms with van der Waals surface area (Å²) in [7, 11) is -1.44. The van der Waals surface area contributed by atoms with E-state index in [-0.39, 0.29) is 29.5 Å². The van der Waals surface area contributed by atoms with Crippen LogP contribution >= 0.6 is 15.9 Å². The number of anilines is 1. The number of hydrogen-bond donors (Lipinski definition) is 1. The highest BCUT2D eigenvalue weighted by Gasteiger charge is 2.36. The lowest BCUT2D eigenvalue weighted by molar-refractivity contribution is -0.140. The van der Waals surface area contributed by atoms with E-state index in [4.69, 9.17) is 9.47 Å². The van der Waals surface area contributed by atoms with Gasteiger partial charge >= 0.3 is 0 Å². The van der Waals surface area contributed by atoms with Crippen molar-refractivity contribution in [2.24, 2.45) is 0 Å². The summed E-state index contributed by atoms with van der Waals surface area (Å²) in [6.45, 7) is 7.01. The highest BCUT2D eigenvalue weighted by Crippen LogP contribution is 2.32. The maximum Gasteiger partial charge on any atom is 0.264 e. The second-order valence-corrected chi connectivity index (χ2v) is 15.2. The summed E-state index contributed by atoms with van der Waals surface area (Å²) in [5.41, 5.74) is 2.26. The van der Waals surface area contributed by atoms with Crippen molar-refractivity contribution in [1.82, 2.24) is 10.2 Å². The molecule has 254 valence electrons. The summed E-state index contributed by atoms with van der Waals surface area (Å²) < 4.78 is 41.4. The summed E-state index contributed by atoms with van der Waals surface area (Å²) in [4.78, 5) is 30.1. The van der Waals surface area contributed by atoms with Crippen molar-refractivity contribution >= 4 is 43.5 Å². The van der Waals surface area contributed by atoms with Gasteiger partial charge in [0.2, 0.25) is 11.8 Å². The second kappa shape index (κ2) is 15.7. The van der Waals surface area contributed by atoms with Crippen molar-refractivity contribution in [2.75, 3.05) is 25.1 Å². The number of sulfonamides is 1. The molecule has 2 amide bonds. The number of carbonyl (C=O) groups is 2. The lowest BCUT2D eigenvalue weighted by Gasteiger charge is -2.35. The third-order valence-corrected chi connectivity index (χ3v) is 9.82. The number of aryl methyl sites for hydroxylation is 1. The van der Waals surface area contributed by atoms with E-state index >= 15 is 0 Å². The number of amides is 2. The number of ether oxygens (including phenoxy) is 2. The van der Waals surface area contributed by atoms with Crippen LogP contribution in [0.25, 0.3) is 0 Å². The van der Waals surface area contributed by atoms with Crippen LogP contribution in [0.3, 0.4) is 0 Å². The number of hydrogen-bond acceptors (Lipinski definition) is 6. The molecule has 0 aliphatic rings. The van der Waals surface area contributed by atoms with Gasteiger partial charge in [0.1, 0.15) is 12.6 Å². The van der Waals surface area contributed by atoms with Gasteiger partial charge in [-0.25, -0.2) is 8.42 Å². The molecule has 48 heavy (non-hydrogen) atoms. The fourth-order valence-corrected chi connectivity index (χ4v) is 7.06. The van der Waals surface area contributed by atoms with Crippen molar-refractivity contribution in [2.45, 2.75) is 57.1 Å². The molecule has 0 bridgehead atoms. The molecule has 0 fully saturated rings. The van der Waals surface area contributed by atoms with E-state index in [0.29, 0.717) is 11.4 Å². The predicted octanol–water partition coefficient (Wildman–Crippen LogP) is 6.52. The molecule has 0 aliphatic heterocycles. The molecule has 1 N–H and O–H groups in total. The van der Waals surface area contributed by atoms with Crippen molar-refractivity contribution in [3.8, 4) is 11.5 Å². The Bertz CT molecular complexity index is 1830. The summed E-state index contributed by atoms with van der Waals surface area (Å²) in [5.74, 6) is -0.307. The van der Waals surface area contributed by atoms with Gasteiger partial charge in [-0.15, -0.1) is 0 Å². The Kier molecular flexibility index (Phi) is 11.9. The minimum atomic E-state index is -4.32. The number of carbonyl (C=O) groups excluding carboxylic acids is 2. The SMILES string of the molecule is COc1ccc(S(=O)(=O)N(CC(=O)N(Cc2cccc(Br)c2)[C@@H](Cc2ccccc2)C(=O)NC(C)(C)C)c2ccc(C)cc2)cc1OC. The number of rotatable bonds is 13. The van der Waals surface area contributed by atoms with Crippen molar-refractivity contribution in [1.29, 1.82) is 0 Å². The van der Waals surface area contributed by atoms with Gasteiger partial charge in [0.15, 0.2) is 11.5 Å². The quantitative estimate of drug-likeness (QED) is 0.168. The van der Waals surface area contributed by atoms with Crippen LogP contribution in [0.4, 0.5) is 5.69 Å². The Balaban J connectivity index is 1.84. The highest BCUT2D eigenvalue weighted by molar-refractivity contribution is 9.10. The van der Waals surface area contributed by atoms with Crippen LogP contribution in [-0.2, 0) is 32.6 Å². The van der Waals surface area contributed by atoms with Gasteiger partial charge in [0, 0.05) is 29.0 Å². The third-order valence-electron chi connectivity index (χ3n) is 7.56. The predicted molar refractivity (Wildman–Crippen MR) is 192 cm³/mol. The zero-order valence-electron chi connectivity index (χ0n) is 28.1. The number of benzene rings is 4. The Morgan fingerprint density at radius 1 is 0.833 bits per heavy atom. The molecule has 0 saturated carbocycles. The average molecular weight is 737 g/mol. The van der Waals surface area contributed by atoms with Crippen LogP contribution in [0.2, 0.25) is 0 Å². The molecule has 0 aromatic heterocycles. The molecule has 4 rings (SSSR count). The van der Waals surface area contributed by atoms with Gasteiger partial charge in [0.25, 0.3) is 10.0 Å². The van der Waals surface area contributed by atoms with Crippen LogP contribution < -0.4 is 19.1 Å². The molecule has 4 aromatic carbocycles. The Labute approximate surface area is 292 Å². The summed E-state index contributed by atoms with van der Waals surface area (Å²) >= 11 is 3.51. The van der Waals surface area contributed by atoms with Gasteiger partial charge < -0.3 is 19.7 Å². The van der Waals surface area contributed by atoms with Crippen LogP contribution in [0.15, 0.2) is 106 Å². The van der Waals surface area contributed by atoms with Crippen LogP contribution in [0.1, 0.15) is 37.5 Å². The first-order valence-electron chi connectivity index (χ1n) is 15.4. The van der Waals surface area contributed by atoms with Gasteiger partial charge in [-0.3, -0.25) is 13.9 Å². The molecule has 0 heterocycles. The Morgan fingerprint density at radius 3 is 2.08 bits per heavy atom. The first-order chi connectivity index (χ1) is 22.7. The molecular formula is C37H42BrN3O6S. The molecule has 0 spiro atoms. The first-order valence-corrected chi connectivity index (χ1v) is 17.7. The fraction of sp³-hybridized carbons (Fsp3) is 0.297. The van der Waals surface area contributed by atoms with E-state index in [1.54, 1.807) is 24.3 Å². The van der Waals surface area contributed by atoms with Crippen LogP contribution in [0, 0.1) is 6.92 Å². The minimum absolute atomic E-state index is 0.0610. The number of methoxy groups -OCH3 is 2. The molecule has 0 radical (unpaired) electrons. The molecule has 0 unspecified atom stereocenters. The molecule has 4 aromatic rings. The van der Waals surface area contributed by atoms with E-state index in [1.807, 2.05) is 82.3 Å². The monoisotopic (exact) mass is 735 g/mol. The Hall–Kier alpha value is -4.35. The second-order valence-electron chi connectivity index (χ2n) is 12.5.